The third-order valence-electron chi connectivity index (χ3n) is 8.37. The molecule has 6 radical (unpaired) electrons. The third kappa shape index (κ3) is 6.01. The molecular formula is C34H31B4FN2O2. The number of hydrogen-bond donors (Lipinski definition) is 1. The zero-order valence-corrected chi connectivity index (χ0v) is 24.5. The van der Waals surface area contributed by atoms with Gasteiger partial charge in [0.25, 0.3) is 0 Å². The molecule has 5 aromatic rings. The molecular weight excluding hydrogens is 531 g/mol. The van der Waals surface area contributed by atoms with E-state index in [1.165, 1.54) is 33.3 Å². The van der Waals surface area contributed by atoms with Gasteiger partial charge in [0.05, 0.1) is 13.2 Å². The van der Waals surface area contributed by atoms with Crippen LogP contribution >= 0.6 is 0 Å². The number of aryl methyl sites for hydroxylation is 1. The molecule has 43 heavy (non-hydrogen) atoms. The number of aromatic amines is 1. The van der Waals surface area contributed by atoms with Crippen LogP contribution in [-0.2, 0) is 19.4 Å². The molecule has 9 heteroatoms. The fourth-order valence-corrected chi connectivity index (χ4v) is 6.42. The fraction of sp³-hybridized carbons (Fsp3) is 0.235. The van der Waals surface area contributed by atoms with Gasteiger partial charge in [0, 0.05) is 58.8 Å². The van der Waals surface area contributed by atoms with Crippen LogP contribution in [0.15, 0.2) is 84.9 Å². The van der Waals surface area contributed by atoms with E-state index in [1.807, 2.05) is 12.1 Å². The summed E-state index contributed by atoms with van der Waals surface area (Å²) in [6, 6.07) is 28.5. The number of halogens is 1. The van der Waals surface area contributed by atoms with E-state index in [4.69, 9.17) is 9.47 Å². The number of para-hydroxylation sites is 1. The fourth-order valence-electron chi connectivity index (χ4n) is 6.42. The summed E-state index contributed by atoms with van der Waals surface area (Å²) in [6.45, 7) is 3.47. The molecule has 0 fully saturated rings. The van der Waals surface area contributed by atoms with Gasteiger partial charge in [-0.05, 0) is 77.9 Å². The largest absolute Gasteiger partial charge is 0.493 e. The van der Waals surface area contributed by atoms with Crippen molar-refractivity contribution >= 4 is 40.5 Å². The minimum atomic E-state index is -0.667. The molecule has 0 spiro atoms. The molecule has 4 nitrogen and oxygen atoms in total. The Bertz CT molecular complexity index is 1720. The minimum Gasteiger partial charge on any atom is -0.493 e. The Morgan fingerprint density at radius 1 is 0.953 bits per heavy atom. The number of hydrogen-bond acceptors (Lipinski definition) is 3. The van der Waals surface area contributed by atoms with Crippen LogP contribution in [0.1, 0.15) is 51.2 Å². The van der Waals surface area contributed by atoms with Crippen LogP contribution in [0.4, 0.5) is 4.39 Å². The molecule has 7 rings (SSSR count). The lowest BCUT2D eigenvalue weighted by molar-refractivity contribution is 0.127. The van der Waals surface area contributed by atoms with Gasteiger partial charge in [-0.2, -0.15) is 0 Å². The summed E-state index contributed by atoms with van der Waals surface area (Å²) >= 11 is 0. The van der Waals surface area contributed by atoms with E-state index in [1.54, 1.807) is 19.2 Å². The number of rotatable bonds is 5. The van der Waals surface area contributed by atoms with Gasteiger partial charge in [0.2, 0.25) is 0 Å². The average Bonchev–Trinajstić information content (AvgIpc) is 3.37. The summed E-state index contributed by atoms with van der Waals surface area (Å²) in [5.41, 5.74) is 9.74. The molecule has 2 atom stereocenters. The van der Waals surface area contributed by atoms with Gasteiger partial charge in [-0.25, -0.2) is 4.39 Å². The van der Waals surface area contributed by atoms with Crippen LogP contribution in [0.25, 0.3) is 10.9 Å². The summed E-state index contributed by atoms with van der Waals surface area (Å²) in [5.74, 6) is 1.32. The van der Waals surface area contributed by atoms with Crippen LogP contribution in [-0.4, -0.2) is 53.1 Å². The number of H-pyrrole nitrogens is 1. The maximum Gasteiger partial charge on any atom is 0.162 e. The molecule has 0 saturated carbocycles. The molecule has 1 N–H and O–H groups in total. The molecule has 4 aromatic carbocycles. The first-order valence-electron chi connectivity index (χ1n) is 14.6. The predicted molar refractivity (Wildman–Crippen MR) is 175 cm³/mol. The molecule has 3 heterocycles. The first-order chi connectivity index (χ1) is 20.8. The molecule has 2 aliphatic heterocycles. The predicted octanol–water partition coefficient (Wildman–Crippen LogP) is 5.92. The standard InChI is InChI=1S/C34H31FN2O2.B4/c1-21-7-9-22(10-8-21)20-39-32-19-27-24(17-31(32)38-2)15-16-37-30(27)18-28-26-5-3-4-6-29(26)36-33(28)34(37)23-11-13-25(35)14-12-23;1-4(2)3/h3-14,17,19,30,34,36H,15-16,18,20H2,1-2H3;. The number of nitrogens with one attached hydrogen (secondary N) is 1. The van der Waals surface area contributed by atoms with Crippen LogP contribution in [0.3, 0.4) is 0 Å². The van der Waals surface area contributed by atoms with Crippen molar-refractivity contribution in [1.82, 2.24) is 9.88 Å². The lowest BCUT2D eigenvalue weighted by Crippen LogP contribution is -2.43. The van der Waals surface area contributed by atoms with Crippen LogP contribution in [0.5, 0.6) is 11.5 Å². The monoisotopic (exact) mass is 562 g/mol. The first-order valence-corrected chi connectivity index (χ1v) is 14.6. The van der Waals surface area contributed by atoms with Gasteiger partial charge in [-0.15, -0.1) is 0 Å². The van der Waals surface area contributed by atoms with Crippen molar-refractivity contribution in [3.05, 3.63) is 130 Å². The van der Waals surface area contributed by atoms with Gasteiger partial charge < -0.3 is 14.5 Å². The van der Waals surface area contributed by atoms with Gasteiger partial charge in [-0.3, -0.25) is 4.90 Å². The molecule has 208 valence electrons. The second-order valence-corrected chi connectivity index (χ2v) is 11.3. The van der Waals surface area contributed by atoms with Crippen LogP contribution in [0.2, 0.25) is 0 Å². The molecule has 2 unspecified atom stereocenters. The van der Waals surface area contributed by atoms with E-state index in [0.717, 1.165) is 47.5 Å². The van der Waals surface area contributed by atoms with Crippen molar-refractivity contribution in [2.45, 2.75) is 38.5 Å². The zero-order valence-electron chi connectivity index (χ0n) is 24.5. The highest BCUT2D eigenvalue weighted by atomic mass is 19.1. The average molecular weight is 562 g/mol. The van der Waals surface area contributed by atoms with Gasteiger partial charge >= 0.3 is 0 Å². The van der Waals surface area contributed by atoms with Gasteiger partial charge in [-0.1, -0.05) is 60.2 Å². The summed E-state index contributed by atoms with van der Waals surface area (Å²) in [7, 11) is 15.7. The highest BCUT2D eigenvalue weighted by Gasteiger charge is 2.41. The van der Waals surface area contributed by atoms with Gasteiger partial charge in [0.15, 0.2) is 11.5 Å². The minimum absolute atomic E-state index is 0.0129. The van der Waals surface area contributed by atoms with E-state index < -0.39 is 6.39 Å². The van der Waals surface area contributed by atoms with Crippen molar-refractivity contribution in [3.63, 3.8) is 0 Å². The van der Waals surface area contributed by atoms with E-state index >= 15 is 0 Å². The number of methoxy groups -OCH3 is 1. The van der Waals surface area contributed by atoms with E-state index in [0.29, 0.717) is 6.61 Å². The number of fused-ring (bicyclic) bond motifs is 6. The molecule has 0 saturated heterocycles. The van der Waals surface area contributed by atoms with Gasteiger partial charge in [0.1, 0.15) is 12.4 Å². The Morgan fingerprint density at radius 2 is 1.67 bits per heavy atom. The number of nitrogens with zero attached hydrogens (tertiary/aromatic N) is 1. The highest BCUT2D eigenvalue weighted by Crippen LogP contribution is 2.49. The topological polar surface area (TPSA) is 37.5 Å². The lowest BCUT2D eigenvalue weighted by atomic mass is 9.08. The number of aromatic nitrogens is 1. The second-order valence-electron chi connectivity index (χ2n) is 11.3. The lowest BCUT2D eigenvalue weighted by Gasteiger charge is -2.46. The van der Waals surface area contributed by atoms with Crippen LogP contribution < -0.4 is 9.47 Å². The maximum atomic E-state index is 13.9. The SMILES string of the molecule is COc1cc2c(cc1OCc1ccc(C)cc1)C1Cc3c([nH]c4ccccc34)C(c3ccc(F)cc3)N1CC2.[B]B([B])[B]. The summed E-state index contributed by atoms with van der Waals surface area (Å²) in [4.78, 5) is 6.30. The summed E-state index contributed by atoms with van der Waals surface area (Å²) in [6.07, 6.45) is 1.14. The van der Waals surface area contributed by atoms with Crippen molar-refractivity contribution in [2.75, 3.05) is 13.7 Å². The third-order valence-corrected chi connectivity index (χ3v) is 8.37. The summed E-state index contributed by atoms with van der Waals surface area (Å²) < 4.78 is 26.1. The smallest absolute Gasteiger partial charge is 0.162 e. The summed E-state index contributed by atoms with van der Waals surface area (Å²) in [5, 5.41) is 1.26. The number of benzene rings is 4. The maximum absolute atomic E-state index is 13.9. The normalized spacial score (nSPS) is 17.2. The Morgan fingerprint density at radius 3 is 2.40 bits per heavy atom. The van der Waals surface area contributed by atoms with E-state index in [2.05, 4.69) is 101 Å². The Labute approximate surface area is 257 Å². The highest BCUT2D eigenvalue weighted by molar-refractivity contribution is 7.49. The van der Waals surface area contributed by atoms with Crippen molar-refractivity contribution in [1.29, 1.82) is 0 Å². The molecule has 0 aliphatic carbocycles. The van der Waals surface area contributed by atoms with Crippen LogP contribution in [0, 0.1) is 12.7 Å². The number of ether oxygens (including phenoxy) is 2. The Balaban J connectivity index is 0.000000777. The molecule has 0 amide bonds. The van der Waals surface area contributed by atoms with E-state index in [-0.39, 0.29) is 17.9 Å². The Kier molecular flexibility index (Phi) is 8.45. The Hall–Kier alpha value is -3.83. The first kappa shape index (κ1) is 29.3. The second kappa shape index (κ2) is 12.4. The molecule has 1 aromatic heterocycles. The van der Waals surface area contributed by atoms with E-state index in [9.17, 15) is 4.39 Å². The van der Waals surface area contributed by atoms with Crippen molar-refractivity contribution in [3.8, 4) is 11.5 Å². The molecule has 2 aliphatic rings. The molecule has 0 bridgehead atoms. The zero-order chi connectivity index (χ0) is 30.1. The van der Waals surface area contributed by atoms with Crippen molar-refractivity contribution in [2.24, 2.45) is 0 Å². The van der Waals surface area contributed by atoms with Crippen molar-refractivity contribution < 1.29 is 13.9 Å². The quantitative estimate of drug-likeness (QED) is 0.271.